The van der Waals surface area contributed by atoms with Crippen molar-refractivity contribution in [1.82, 2.24) is 0 Å². The van der Waals surface area contributed by atoms with Crippen LogP contribution in [-0.4, -0.2) is 0 Å². The van der Waals surface area contributed by atoms with Crippen molar-refractivity contribution in [2.24, 2.45) is 0 Å². The molecule has 0 spiro atoms. The van der Waals surface area contributed by atoms with E-state index in [0.29, 0.717) is 5.92 Å². The van der Waals surface area contributed by atoms with E-state index in [0.717, 1.165) is 39.0 Å². The molecule has 2 aromatic heterocycles. The number of benzene rings is 9. The van der Waals surface area contributed by atoms with E-state index in [1.165, 1.54) is 68.8 Å². The van der Waals surface area contributed by atoms with Gasteiger partial charge in [-0.3, -0.25) is 0 Å². The molecule has 246 valence electrons. The topological polar surface area (TPSA) is 16.4 Å². The molecule has 2 nitrogen and oxygen atoms in total. The maximum Gasteiger partial charge on any atom is 0.144 e. The first kappa shape index (κ1) is 29.6. The maximum atomic E-state index is 7.00. The molecule has 0 amide bonds. The molecule has 11 aromatic rings. The van der Waals surface area contributed by atoms with Gasteiger partial charge in [0.05, 0.1) is 5.69 Å². The van der Waals surface area contributed by atoms with Gasteiger partial charge in [-0.25, -0.2) is 0 Å². The van der Waals surface area contributed by atoms with Crippen molar-refractivity contribution in [2.75, 3.05) is 4.90 Å². The van der Waals surface area contributed by atoms with Crippen molar-refractivity contribution in [3.63, 3.8) is 0 Å². The lowest BCUT2D eigenvalue weighted by Gasteiger charge is -2.28. The molecule has 0 aliphatic heterocycles. The summed E-state index contributed by atoms with van der Waals surface area (Å²) in [6, 6.07) is 58.0. The zero-order valence-corrected chi connectivity index (χ0v) is 29.7. The van der Waals surface area contributed by atoms with E-state index in [2.05, 4.69) is 176 Å². The molecule has 0 saturated carbocycles. The van der Waals surface area contributed by atoms with Crippen LogP contribution >= 0.6 is 11.3 Å². The number of hydrogen-bond acceptors (Lipinski definition) is 3. The molecule has 0 bridgehead atoms. The predicted molar refractivity (Wildman–Crippen MR) is 225 cm³/mol. The molecule has 0 aliphatic rings. The summed E-state index contributed by atoms with van der Waals surface area (Å²) in [5, 5.41) is 14.6. The van der Waals surface area contributed by atoms with Crippen molar-refractivity contribution in [3.05, 3.63) is 163 Å². The van der Waals surface area contributed by atoms with E-state index in [-0.39, 0.29) is 0 Å². The minimum Gasteiger partial charge on any atom is -0.455 e. The Balaban J connectivity index is 1.37. The first-order valence-corrected chi connectivity index (χ1v) is 18.9. The van der Waals surface area contributed by atoms with Crippen LogP contribution in [0.25, 0.3) is 85.2 Å². The standard InChI is InChI=1S/C49H33NOS/c1-29(2)34-19-11-20-43-46(34)41-28-42(47-38-17-7-5-14-35(38)36-15-6-8-18-39(36)48(47)49(41)51-43)50(32-23-22-30-12-3-4-13-31(30)26-32)33-24-25-45-40(27-33)37-16-9-10-21-44(37)52-45/h3-29H,1-2H3. The number of nitrogens with zero attached hydrogens (tertiary/aromatic N) is 1. The summed E-state index contributed by atoms with van der Waals surface area (Å²) in [7, 11) is 0. The normalized spacial score (nSPS) is 12.2. The summed E-state index contributed by atoms with van der Waals surface area (Å²) < 4.78 is 9.60. The average Bonchev–Trinajstić information content (AvgIpc) is 3.76. The monoisotopic (exact) mass is 683 g/mol. The smallest absolute Gasteiger partial charge is 0.144 e. The Hall–Kier alpha value is -6.16. The highest BCUT2D eigenvalue weighted by Gasteiger charge is 2.25. The number of fused-ring (bicyclic) bond motifs is 14. The van der Waals surface area contributed by atoms with E-state index in [4.69, 9.17) is 4.42 Å². The molecule has 0 fully saturated rings. The molecule has 0 radical (unpaired) electrons. The number of furan rings is 1. The van der Waals surface area contributed by atoms with Crippen LogP contribution in [0.1, 0.15) is 25.3 Å². The van der Waals surface area contributed by atoms with Gasteiger partial charge in [0.1, 0.15) is 11.2 Å². The van der Waals surface area contributed by atoms with Crippen LogP contribution in [0, 0.1) is 0 Å². The van der Waals surface area contributed by atoms with E-state index < -0.39 is 0 Å². The summed E-state index contributed by atoms with van der Waals surface area (Å²) in [5.41, 5.74) is 6.56. The Kier molecular flexibility index (Phi) is 6.35. The molecule has 52 heavy (non-hydrogen) atoms. The number of anilines is 3. The summed E-state index contributed by atoms with van der Waals surface area (Å²) in [5.74, 6) is 0.336. The molecular weight excluding hydrogens is 651 g/mol. The van der Waals surface area contributed by atoms with Gasteiger partial charge >= 0.3 is 0 Å². The fourth-order valence-corrected chi connectivity index (χ4v) is 9.72. The van der Waals surface area contributed by atoms with Gasteiger partial charge in [0.25, 0.3) is 0 Å². The lowest BCUT2D eigenvalue weighted by molar-refractivity contribution is 0.672. The third-order valence-electron chi connectivity index (χ3n) is 11.0. The van der Waals surface area contributed by atoms with Crippen LogP contribution in [-0.2, 0) is 0 Å². The van der Waals surface area contributed by atoms with Gasteiger partial charge in [0, 0.05) is 53.1 Å². The molecular formula is C49H33NOS. The molecule has 2 heterocycles. The second kappa shape index (κ2) is 11.2. The Bertz CT molecular complexity index is 3240. The summed E-state index contributed by atoms with van der Waals surface area (Å²) >= 11 is 1.86. The first-order valence-electron chi connectivity index (χ1n) is 18.0. The second-order valence-electron chi connectivity index (χ2n) is 14.2. The van der Waals surface area contributed by atoms with Gasteiger partial charge in [-0.05, 0) is 92.3 Å². The first-order chi connectivity index (χ1) is 25.6. The lowest BCUT2D eigenvalue weighted by Crippen LogP contribution is -2.11. The quantitative estimate of drug-likeness (QED) is 0.172. The van der Waals surface area contributed by atoms with Gasteiger partial charge < -0.3 is 9.32 Å². The fourth-order valence-electron chi connectivity index (χ4n) is 8.63. The zero-order chi connectivity index (χ0) is 34.5. The van der Waals surface area contributed by atoms with Crippen LogP contribution in [0.2, 0.25) is 0 Å². The molecule has 9 aromatic carbocycles. The van der Waals surface area contributed by atoms with Crippen LogP contribution in [0.4, 0.5) is 17.1 Å². The molecule has 0 saturated heterocycles. The molecule has 0 aliphatic carbocycles. The number of hydrogen-bond donors (Lipinski definition) is 0. The van der Waals surface area contributed by atoms with Crippen molar-refractivity contribution >= 4 is 114 Å². The van der Waals surface area contributed by atoms with E-state index in [9.17, 15) is 0 Å². The molecule has 11 rings (SSSR count). The van der Waals surface area contributed by atoms with Crippen LogP contribution in [0.3, 0.4) is 0 Å². The Morgan fingerprint density at radius 3 is 1.88 bits per heavy atom. The highest BCUT2D eigenvalue weighted by Crippen LogP contribution is 2.51. The summed E-state index contributed by atoms with van der Waals surface area (Å²) in [6.07, 6.45) is 0. The average molecular weight is 684 g/mol. The molecule has 0 unspecified atom stereocenters. The lowest BCUT2D eigenvalue weighted by atomic mass is 9.90. The van der Waals surface area contributed by atoms with E-state index >= 15 is 0 Å². The third kappa shape index (κ3) is 4.23. The van der Waals surface area contributed by atoms with Gasteiger partial charge in [0.15, 0.2) is 0 Å². The summed E-state index contributed by atoms with van der Waals surface area (Å²) in [4.78, 5) is 2.50. The van der Waals surface area contributed by atoms with Crippen molar-refractivity contribution in [3.8, 4) is 0 Å². The van der Waals surface area contributed by atoms with Gasteiger partial charge in [-0.15, -0.1) is 11.3 Å². The van der Waals surface area contributed by atoms with Crippen molar-refractivity contribution < 1.29 is 4.42 Å². The highest BCUT2D eigenvalue weighted by atomic mass is 32.1. The molecule has 3 heteroatoms. The van der Waals surface area contributed by atoms with Crippen LogP contribution < -0.4 is 4.90 Å². The Morgan fingerprint density at radius 1 is 0.462 bits per heavy atom. The maximum absolute atomic E-state index is 7.00. The minimum atomic E-state index is 0.336. The predicted octanol–water partition coefficient (Wildman–Crippen LogP) is 15.2. The summed E-state index contributed by atoms with van der Waals surface area (Å²) in [6.45, 7) is 4.56. The SMILES string of the molecule is CC(C)c1cccc2oc3c(cc(N(c4ccc5ccccc5c4)c4ccc5sc6ccccc6c5c4)c4c5ccccc5c5ccccc5c34)c12. The van der Waals surface area contributed by atoms with Gasteiger partial charge in [0.2, 0.25) is 0 Å². The zero-order valence-electron chi connectivity index (χ0n) is 28.9. The van der Waals surface area contributed by atoms with Gasteiger partial charge in [-0.2, -0.15) is 0 Å². The minimum absolute atomic E-state index is 0.336. The number of rotatable bonds is 4. The number of thiophene rings is 1. The van der Waals surface area contributed by atoms with E-state index in [1.54, 1.807) is 0 Å². The van der Waals surface area contributed by atoms with Crippen LogP contribution in [0.5, 0.6) is 0 Å². The molecule has 0 atom stereocenters. The second-order valence-corrected chi connectivity index (χ2v) is 15.3. The van der Waals surface area contributed by atoms with Crippen LogP contribution in [0.15, 0.2) is 162 Å². The third-order valence-corrected chi connectivity index (χ3v) is 12.1. The van der Waals surface area contributed by atoms with Crippen molar-refractivity contribution in [2.45, 2.75) is 19.8 Å². The Morgan fingerprint density at radius 2 is 1.10 bits per heavy atom. The largest absolute Gasteiger partial charge is 0.455 e. The Labute approximate surface area is 304 Å². The highest BCUT2D eigenvalue weighted by molar-refractivity contribution is 7.25. The molecule has 0 N–H and O–H groups in total. The van der Waals surface area contributed by atoms with Crippen molar-refractivity contribution in [1.29, 1.82) is 0 Å². The van der Waals surface area contributed by atoms with Gasteiger partial charge in [-0.1, -0.05) is 123 Å². The fraction of sp³-hybridized carbons (Fsp3) is 0.0612. The van der Waals surface area contributed by atoms with E-state index in [1.807, 2.05) is 11.3 Å².